The molecule has 2 aliphatic rings. The lowest BCUT2D eigenvalue weighted by molar-refractivity contribution is -0.140. The van der Waals surface area contributed by atoms with Crippen LogP contribution in [-0.2, 0) is 16.1 Å². The van der Waals surface area contributed by atoms with Crippen molar-refractivity contribution in [2.75, 3.05) is 13.9 Å². The molecule has 2 heterocycles. The molecule has 1 unspecified atom stereocenters. The first-order valence-electron chi connectivity index (χ1n) is 10.9. The third kappa shape index (κ3) is 4.14. The number of halogens is 1. The van der Waals surface area contributed by atoms with E-state index in [4.69, 9.17) is 14.2 Å². The van der Waals surface area contributed by atoms with Gasteiger partial charge in [-0.25, -0.2) is 0 Å². The van der Waals surface area contributed by atoms with Gasteiger partial charge in [0.25, 0.3) is 11.7 Å². The second kappa shape index (κ2) is 9.11. The Morgan fingerprint density at radius 1 is 1.09 bits per heavy atom. The monoisotopic (exact) mass is 535 g/mol. The normalized spacial score (nSPS) is 18.3. The molecule has 1 atom stereocenters. The molecule has 35 heavy (non-hydrogen) atoms. The Morgan fingerprint density at radius 2 is 1.89 bits per heavy atom. The number of ketones is 1. The zero-order valence-electron chi connectivity index (χ0n) is 19.1. The second-order valence-electron chi connectivity index (χ2n) is 8.36. The van der Waals surface area contributed by atoms with Crippen molar-refractivity contribution in [3.05, 3.63) is 93.0 Å². The van der Waals surface area contributed by atoms with E-state index in [1.54, 1.807) is 55.6 Å². The van der Waals surface area contributed by atoms with Gasteiger partial charge >= 0.3 is 0 Å². The van der Waals surface area contributed by atoms with Crippen molar-refractivity contribution in [1.82, 2.24) is 4.90 Å². The number of aliphatic hydroxyl groups is 1. The van der Waals surface area contributed by atoms with Gasteiger partial charge in [-0.05, 0) is 60.0 Å². The van der Waals surface area contributed by atoms with Gasteiger partial charge in [0.2, 0.25) is 6.79 Å². The van der Waals surface area contributed by atoms with E-state index in [-0.39, 0.29) is 24.7 Å². The summed E-state index contributed by atoms with van der Waals surface area (Å²) in [6.07, 6.45) is 0. The van der Waals surface area contributed by atoms with Gasteiger partial charge in [-0.3, -0.25) is 9.59 Å². The Labute approximate surface area is 210 Å². The summed E-state index contributed by atoms with van der Waals surface area (Å²) in [5.74, 6) is 0.145. The summed E-state index contributed by atoms with van der Waals surface area (Å²) < 4.78 is 17.1. The van der Waals surface area contributed by atoms with Crippen molar-refractivity contribution < 1.29 is 28.9 Å². The van der Waals surface area contributed by atoms with Crippen molar-refractivity contribution in [1.29, 1.82) is 0 Å². The number of aryl methyl sites for hydroxylation is 1. The molecular formula is C27H22BrNO6. The minimum atomic E-state index is -0.806. The van der Waals surface area contributed by atoms with E-state index in [2.05, 4.69) is 15.9 Å². The Kier molecular flexibility index (Phi) is 5.98. The van der Waals surface area contributed by atoms with Crippen LogP contribution < -0.4 is 14.2 Å². The van der Waals surface area contributed by atoms with Crippen molar-refractivity contribution in [3.8, 4) is 17.2 Å². The molecule has 5 rings (SSSR count). The quantitative estimate of drug-likeness (QED) is 0.277. The van der Waals surface area contributed by atoms with Gasteiger partial charge in [0.05, 0.1) is 18.7 Å². The van der Waals surface area contributed by atoms with Crippen LogP contribution in [0.25, 0.3) is 5.76 Å². The fraction of sp³-hybridized carbons (Fsp3) is 0.185. The topological polar surface area (TPSA) is 85.3 Å². The Morgan fingerprint density at radius 3 is 2.66 bits per heavy atom. The van der Waals surface area contributed by atoms with Crippen molar-refractivity contribution in [3.63, 3.8) is 0 Å². The van der Waals surface area contributed by atoms with E-state index in [0.29, 0.717) is 28.4 Å². The molecule has 8 heteroatoms. The molecule has 2 aliphatic heterocycles. The van der Waals surface area contributed by atoms with Crippen LogP contribution in [0.1, 0.15) is 28.3 Å². The van der Waals surface area contributed by atoms with E-state index >= 15 is 0 Å². The Hall–Kier alpha value is -3.78. The average molecular weight is 536 g/mol. The molecule has 1 N–H and O–H groups in total. The number of nitrogens with zero attached hydrogens (tertiary/aromatic N) is 1. The summed E-state index contributed by atoms with van der Waals surface area (Å²) in [5.41, 5.74) is 2.80. The molecule has 0 spiro atoms. The lowest BCUT2D eigenvalue weighted by Gasteiger charge is -2.26. The lowest BCUT2D eigenvalue weighted by atomic mass is 9.94. The second-order valence-corrected chi connectivity index (χ2v) is 9.21. The summed E-state index contributed by atoms with van der Waals surface area (Å²) in [5, 5.41) is 11.3. The number of aliphatic hydroxyl groups excluding tert-OH is 1. The number of benzene rings is 3. The highest BCUT2D eigenvalue weighted by molar-refractivity contribution is 9.10. The molecule has 3 aromatic carbocycles. The number of likely N-dealkylation sites (tertiary alicyclic amines) is 1. The van der Waals surface area contributed by atoms with Crippen LogP contribution in [0.5, 0.6) is 17.2 Å². The third-order valence-electron chi connectivity index (χ3n) is 6.17. The first-order chi connectivity index (χ1) is 16.9. The van der Waals surface area contributed by atoms with Crippen LogP contribution in [-0.4, -0.2) is 35.6 Å². The van der Waals surface area contributed by atoms with Crippen LogP contribution in [0.15, 0.2) is 70.7 Å². The molecule has 7 nitrogen and oxygen atoms in total. The molecule has 3 aromatic rings. The lowest BCUT2D eigenvalue weighted by Crippen LogP contribution is -2.29. The van der Waals surface area contributed by atoms with E-state index < -0.39 is 17.7 Å². The molecule has 0 radical (unpaired) electrons. The number of amides is 1. The number of methoxy groups -OCH3 is 1. The number of carbonyl (C=O) groups is 2. The van der Waals surface area contributed by atoms with Crippen LogP contribution in [0, 0.1) is 6.92 Å². The highest BCUT2D eigenvalue weighted by atomic mass is 79.9. The number of Topliss-reactive ketones (excluding diaryl/α,β-unsaturated/α-hetero) is 1. The summed E-state index contributed by atoms with van der Waals surface area (Å²) in [4.78, 5) is 28.1. The van der Waals surface area contributed by atoms with E-state index in [9.17, 15) is 14.7 Å². The Balaban J connectivity index is 1.63. The zero-order valence-corrected chi connectivity index (χ0v) is 20.7. The fourth-order valence-corrected chi connectivity index (χ4v) is 4.63. The summed E-state index contributed by atoms with van der Waals surface area (Å²) in [7, 11) is 1.55. The first kappa shape index (κ1) is 23.0. The summed E-state index contributed by atoms with van der Waals surface area (Å²) >= 11 is 3.46. The SMILES string of the molecule is COc1cccc(C2/C(=C(\O)c3ccc(Br)c(C)c3)C(=O)C(=O)N2Cc2ccc3c(c2)OCO3)c1. The summed E-state index contributed by atoms with van der Waals surface area (Å²) in [6.45, 7) is 2.16. The van der Waals surface area contributed by atoms with Gasteiger partial charge in [0, 0.05) is 16.6 Å². The minimum Gasteiger partial charge on any atom is -0.507 e. The number of hydrogen-bond acceptors (Lipinski definition) is 6. The van der Waals surface area contributed by atoms with Crippen LogP contribution >= 0.6 is 15.9 Å². The van der Waals surface area contributed by atoms with Crippen LogP contribution in [0.4, 0.5) is 0 Å². The van der Waals surface area contributed by atoms with E-state index in [1.807, 2.05) is 19.1 Å². The average Bonchev–Trinajstić information content (AvgIpc) is 3.43. The molecule has 0 aromatic heterocycles. The number of fused-ring (bicyclic) bond motifs is 1. The fourth-order valence-electron chi connectivity index (χ4n) is 4.38. The highest BCUT2D eigenvalue weighted by Crippen LogP contribution is 2.42. The number of rotatable bonds is 5. The number of carbonyl (C=O) groups excluding carboxylic acids is 2. The molecular weight excluding hydrogens is 514 g/mol. The molecule has 0 aliphatic carbocycles. The van der Waals surface area contributed by atoms with Gasteiger partial charge in [-0.2, -0.15) is 0 Å². The predicted molar refractivity (Wildman–Crippen MR) is 132 cm³/mol. The van der Waals surface area contributed by atoms with Gasteiger partial charge < -0.3 is 24.2 Å². The van der Waals surface area contributed by atoms with Gasteiger partial charge in [0.15, 0.2) is 11.5 Å². The smallest absolute Gasteiger partial charge is 0.295 e. The molecule has 0 saturated carbocycles. The Bertz CT molecular complexity index is 1380. The molecule has 0 bridgehead atoms. The molecule has 1 saturated heterocycles. The van der Waals surface area contributed by atoms with Gasteiger partial charge in [0.1, 0.15) is 11.5 Å². The standard InChI is InChI=1S/C27H22BrNO6/c1-15-10-18(7-8-20(15)28)25(30)23-24(17-4-3-5-19(12-17)33-2)29(27(32)26(23)31)13-16-6-9-21-22(11-16)35-14-34-21/h3-12,24,30H,13-14H2,1-2H3/b25-23+. The first-order valence-corrected chi connectivity index (χ1v) is 11.7. The van der Waals surface area contributed by atoms with E-state index in [1.165, 1.54) is 4.90 Å². The highest BCUT2D eigenvalue weighted by Gasteiger charge is 2.46. The molecule has 1 fully saturated rings. The maximum absolute atomic E-state index is 13.3. The maximum Gasteiger partial charge on any atom is 0.295 e. The van der Waals surface area contributed by atoms with Crippen molar-refractivity contribution in [2.45, 2.75) is 19.5 Å². The third-order valence-corrected chi connectivity index (χ3v) is 7.06. The predicted octanol–water partition coefficient (Wildman–Crippen LogP) is 5.12. The number of hydrogen-bond donors (Lipinski definition) is 1. The van der Waals surface area contributed by atoms with Crippen LogP contribution in [0.3, 0.4) is 0 Å². The number of ether oxygens (including phenoxy) is 3. The van der Waals surface area contributed by atoms with Crippen molar-refractivity contribution in [2.24, 2.45) is 0 Å². The van der Waals surface area contributed by atoms with Crippen molar-refractivity contribution >= 4 is 33.4 Å². The summed E-state index contributed by atoms with van der Waals surface area (Å²) in [6, 6.07) is 17.0. The largest absolute Gasteiger partial charge is 0.507 e. The van der Waals surface area contributed by atoms with Gasteiger partial charge in [-0.1, -0.05) is 40.2 Å². The van der Waals surface area contributed by atoms with Gasteiger partial charge in [-0.15, -0.1) is 0 Å². The van der Waals surface area contributed by atoms with E-state index in [0.717, 1.165) is 15.6 Å². The maximum atomic E-state index is 13.3. The minimum absolute atomic E-state index is 0.0331. The molecule has 178 valence electrons. The zero-order chi connectivity index (χ0) is 24.7. The van der Waals surface area contributed by atoms with Crippen LogP contribution in [0.2, 0.25) is 0 Å². The molecule has 1 amide bonds.